The summed E-state index contributed by atoms with van der Waals surface area (Å²) in [5, 5.41) is 12.0. The number of carbonyl (C=O) groups is 1. The van der Waals surface area contributed by atoms with Crippen LogP contribution in [0.15, 0.2) is 0 Å². The lowest BCUT2D eigenvalue weighted by Gasteiger charge is -2.12. The smallest absolute Gasteiger partial charge is 0.325 e. The fraction of sp³-hybridized carbons (Fsp3) is 0.667. The van der Waals surface area contributed by atoms with E-state index in [0.717, 1.165) is 5.82 Å². The predicted molar refractivity (Wildman–Crippen MR) is 59.3 cm³/mol. The van der Waals surface area contributed by atoms with E-state index in [-0.39, 0.29) is 5.41 Å². The van der Waals surface area contributed by atoms with Gasteiger partial charge in [-0.1, -0.05) is 20.8 Å². The summed E-state index contributed by atoms with van der Waals surface area (Å²) in [6.07, 6.45) is 0. The highest BCUT2D eigenvalue weighted by Crippen LogP contribution is 2.23. The lowest BCUT2D eigenvalue weighted by atomic mass is 9.96. The van der Waals surface area contributed by atoms with Gasteiger partial charge in [0.2, 0.25) is 5.13 Å². The van der Waals surface area contributed by atoms with Gasteiger partial charge in [0.15, 0.2) is 0 Å². The van der Waals surface area contributed by atoms with Crippen molar-refractivity contribution >= 4 is 22.6 Å². The second-order valence-corrected chi connectivity index (χ2v) is 5.13. The standard InChI is InChI=1S/C9H15N3O2S/c1-5(6(13)14)10-8-11-7(12-15-8)9(2,3)4/h5H,1-4H3,(H,13,14)(H,10,11,12). The highest BCUT2D eigenvalue weighted by atomic mass is 32.1. The van der Waals surface area contributed by atoms with Crippen LogP contribution in [0.2, 0.25) is 0 Å². The second kappa shape index (κ2) is 4.14. The Bertz CT molecular complexity index is 356. The Morgan fingerprint density at radius 3 is 2.53 bits per heavy atom. The van der Waals surface area contributed by atoms with Gasteiger partial charge in [-0.15, -0.1) is 0 Å². The zero-order chi connectivity index (χ0) is 11.6. The van der Waals surface area contributed by atoms with Gasteiger partial charge in [0.25, 0.3) is 0 Å². The van der Waals surface area contributed by atoms with Crippen molar-refractivity contribution in [1.82, 2.24) is 9.36 Å². The molecular formula is C9H15N3O2S. The van der Waals surface area contributed by atoms with Crippen LogP contribution in [0.3, 0.4) is 0 Å². The number of hydrogen-bond acceptors (Lipinski definition) is 5. The van der Waals surface area contributed by atoms with Crippen LogP contribution in [0, 0.1) is 0 Å². The first-order valence-electron chi connectivity index (χ1n) is 4.64. The van der Waals surface area contributed by atoms with Crippen LogP contribution in [0.4, 0.5) is 5.13 Å². The Kier molecular flexibility index (Phi) is 3.28. The molecule has 2 N–H and O–H groups in total. The molecule has 1 rings (SSSR count). The van der Waals surface area contributed by atoms with Crippen molar-refractivity contribution in [2.75, 3.05) is 5.32 Å². The largest absolute Gasteiger partial charge is 0.480 e. The number of hydrogen-bond donors (Lipinski definition) is 2. The zero-order valence-corrected chi connectivity index (χ0v) is 10.1. The Morgan fingerprint density at radius 2 is 2.13 bits per heavy atom. The van der Waals surface area contributed by atoms with Crippen molar-refractivity contribution in [3.63, 3.8) is 0 Å². The minimum Gasteiger partial charge on any atom is -0.480 e. The van der Waals surface area contributed by atoms with Gasteiger partial charge < -0.3 is 10.4 Å². The third kappa shape index (κ3) is 3.16. The van der Waals surface area contributed by atoms with Gasteiger partial charge in [0, 0.05) is 16.9 Å². The number of nitrogens with one attached hydrogen (secondary N) is 1. The summed E-state index contributed by atoms with van der Waals surface area (Å²) < 4.78 is 4.17. The Morgan fingerprint density at radius 1 is 1.53 bits per heavy atom. The lowest BCUT2D eigenvalue weighted by molar-refractivity contribution is -0.137. The van der Waals surface area contributed by atoms with E-state index in [4.69, 9.17) is 5.11 Å². The maximum atomic E-state index is 10.6. The highest BCUT2D eigenvalue weighted by molar-refractivity contribution is 7.09. The average molecular weight is 229 g/mol. The van der Waals surface area contributed by atoms with Crippen molar-refractivity contribution in [2.45, 2.75) is 39.2 Å². The normalized spacial score (nSPS) is 13.6. The molecule has 0 aliphatic heterocycles. The Labute approximate surface area is 92.7 Å². The number of carboxylic acids is 1. The van der Waals surface area contributed by atoms with Gasteiger partial charge in [0.1, 0.15) is 11.9 Å². The quantitative estimate of drug-likeness (QED) is 0.825. The van der Waals surface area contributed by atoms with Crippen LogP contribution in [-0.4, -0.2) is 26.5 Å². The van der Waals surface area contributed by atoms with Crippen LogP contribution >= 0.6 is 11.5 Å². The van der Waals surface area contributed by atoms with E-state index in [1.807, 2.05) is 20.8 Å². The van der Waals surface area contributed by atoms with Crippen LogP contribution in [0.25, 0.3) is 0 Å². The number of carboxylic acid groups (broad SMARTS) is 1. The van der Waals surface area contributed by atoms with Gasteiger partial charge in [-0.25, -0.2) is 4.98 Å². The van der Waals surface area contributed by atoms with E-state index in [1.165, 1.54) is 11.5 Å². The topological polar surface area (TPSA) is 75.1 Å². The minimum atomic E-state index is -0.900. The third-order valence-electron chi connectivity index (χ3n) is 1.81. The zero-order valence-electron chi connectivity index (χ0n) is 9.24. The van der Waals surface area contributed by atoms with Crippen LogP contribution < -0.4 is 5.32 Å². The minimum absolute atomic E-state index is 0.108. The van der Waals surface area contributed by atoms with Crippen molar-refractivity contribution in [2.24, 2.45) is 0 Å². The van der Waals surface area contributed by atoms with Crippen molar-refractivity contribution < 1.29 is 9.90 Å². The summed E-state index contributed by atoms with van der Waals surface area (Å²) in [7, 11) is 0. The summed E-state index contributed by atoms with van der Waals surface area (Å²) in [6.45, 7) is 7.61. The van der Waals surface area contributed by atoms with Gasteiger partial charge in [-0.05, 0) is 6.92 Å². The first kappa shape index (κ1) is 11.9. The van der Waals surface area contributed by atoms with Crippen LogP contribution in [0.5, 0.6) is 0 Å². The lowest BCUT2D eigenvalue weighted by Crippen LogP contribution is -2.25. The van der Waals surface area contributed by atoms with Gasteiger partial charge in [-0.2, -0.15) is 4.37 Å². The summed E-state index contributed by atoms with van der Waals surface area (Å²) in [4.78, 5) is 14.8. The van der Waals surface area contributed by atoms with Gasteiger partial charge in [0.05, 0.1) is 0 Å². The number of nitrogens with zero attached hydrogens (tertiary/aromatic N) is 2. The molecule has 1 atom stereocenters. The van der Waals surface area contributed by atoms with Crippen LogP contribution in [0.1, 0.15) is 33.5 Å². The van der Waals surface area contributed by atoms with E-state index in [2.05, 4.69) is 14.7 Å². The SMILES string of the molecule is CC(Nc1nc(C(C)(C)C)ns1)C(=O)O. The molecule has 1 unspecified atom stereocenters. The second-order valence-electron chi connectivity index (χ2n) is 4.38. The fourth-order valence-electron chi connectivity index (χ4n) is 0.834. The van der Waals surface area contributed by atoms with E-state index in [1.54, 1.807) is 6.92 Å². The van der Waals surface area contributed by atoms with Crippen molar-refractivity contribution in [3.8, 4) is 0 Å². The average Bonchev–Trinajstić information content (AvgIpc) is 2.51. The highest BCUT2D eigenvalue weighted by Gasteiger charge is 2.20. The molecule has 0 saturated heterocycles. The number of rotatable bonds is 3. The Balaban J connectivity index is 2.73. The summed E-state index contributed by atoms with van der Waals surface area (Å²) in [6, 6.07) is -0.647. The molecule has 1 aromatic rings. The molecule has 6 heteroatoms. The fourth-order valence-corrected chi connectivity index (χ4v) is 1.68. The molecule has 0 spiro atoms. The Hall–Kier alpha value is -1.17. The van der Waals surface area contributed by atoms with E-state index >= 15 is 0 Å². The molecule has 0 fully saturated rings. The van der Waals surface area contributed by atoms with Gasteiger partial charge in [-0.3, -0.25) is 4.79 Å². The molecule has 5 nitrogen and oxygen atoms in total. The predicted octanol–water partition coefficient (Wildman–Crippen LogP) is 1.72. The molecule has 0 amide bonds. The van der Waals surface area contributed by atoms with Crippen molar-refractivity contribution in [1.29, 1.82) is 0 Å². The maximum absolute atomic E-state index is 10.6. The number of anilines is 1. The third-order valence-corrected chi connectivity index (χ3v) is 2.45. The summed E-state index contributed by atoms with van der Waals surface area (Å²) >= 11 is 1.19. The van der Waals surface area contributed by atoms with Gasteiger partial charge >= 0.3 is 5.97 Å². The number of aliphatic carboxylic acids is 1. The van der Waals surface area contributed by atoms with Crippen molar-refractivity contribution in [3.05, 3.63) is 5.82 Å². The van der Waals surface area contributed by atoms with E-state index in [0.29, 0.717) is 5.13 Å². The van der Waals surface area contributed by atoms with E-state index in [9.17, 15) is 4.79 Å². The molecule has 1 aromatic heterocycles. The first-order valence-corrected chi connectivity index (χ1v) is 5.41. The van der Waals surface area contributed by atoms with E-state index < -0.39 is 12.0 Å². The molecule has 0 radical (unpaired) electrons. The van der Waals surface area contributed by atoms with Crippen LogP contribution in [-0.2, 0) is 10.2 Å². The number of aromatic nitrogens is 2. The molecule has 1 heterocycles. The summed E-state index contributed by atoms with van der Waals surface area (Å²) in [5.41, 5.74) is -0.108. The molecular weight excluding hydrogens is 214 g/mol. The molecule has 0 aromatic carbocycles. The molecule has 0 saturated carbocycles. The molecule has 84 valence electrons. The maximum Gasteiger partial charge on any atom is 0.325 e. The molecule has 0 aliphatic rings. The summed E-state index contributed by atoms with van der Waals surface area (Å²) in [5.74, 6) is -0.171. The molecule has 15 heavy (non-hydrogen) atoms. The monoisotopic (exact) mass is 229 g/mol. The molecule has 0 bridgehead atoms. The molecule has 0 aliphatic carbocycles. The first-order chi connectivity index (χ1) is 6.80.